The molecule has 0 unspecified atom stereocenters. The van der Waals surface area contributed by atoms with Gasteiger partial charge in [0.2, 0.25) is 11.7 Å². The number of fused-ring (bicyclic) bond motifs is 1. The number of nitrogens with zero attached hydrogens (tertiary/aromatic N) is 2. The predicted molar refractivity (Wildman–Crippen MR) is 115 cm³/mol. The second-order valence-corrected chi connectivity index (χ2v) is 9.56. The Bertz CT molecular complexity index is 1260. The number of aromatic nitrogens is 2. The molecule has 0 aliphatic carbocycles. The fourth-order valence-electron chi connectivity index (χ4n) is 4.31. The van der Waals surface area contributed by atoms with E-state index in [1.54, 1.807) is 12.1 Å². The fraction of sp³-hybridized carbons (Fsp3) is 0.476. The molecular formula is C21H19F6N5O2S. The molecule has 4 heterocycles. The number of benzene rings is 1. The molecule has 0 saturated carbocycles. The topological polar surface area (TPSA) is 92.1 Å². The van der Waals surface area contributed by atoms with Crippen LogP contribution in [0.2, 0.25) is 0 Å². The Hall–Kier alpha value is -2.87. The third-order valence-corrected chi connectivity index (χ3v) is 7.26. The summed E-state index contributed by atoms with van der Waals surface area (Å²) in [4.78, 5) is 15.5. The molecule has 3 atom stereocenters. The van der Waals surface area contributed by atoms with Crippen molar-refractivity contribution in [3.05, 3.63) is 29.7 Å². The fourth-order valence-corrected chi connectivity index (χ4v) is 5.53. The summed E-state index contributed by atoms with van der Waals surface area (Å²) in [5.41, 5.74) is 0.375. The number of carbonyl (C=O) groups is 1. The number of amides is 1. The zero-order valence-corrected chi connectivity index (χ0v) is 18.7. The molecule has 0 spiro atoms. The minimum Gasteiger partial charge on any atom is -0.378 e. The van der Waals surface area contributed by atoms with Crippen LogP contribution in [0.25, 0.3) is 20.8 Å². The molecule has 2 aliphatic heterocycles. The van der Waals surface area contributed by atoms with E-state index in [4.69, 9.17) is 4.52 Å². The molecule has 7 nitrogen and oxygen atoms in total. The number of nitrogens with one attached hydrogen (secondary N) is 3. The van der Waals surface area contributed by atoms with E-state index in [1.807, 2.05) is 0 Å². The van der Waals surface area contributed by atoms with Gasteiger partial charge in [0.1, 0.15) is 12.2 Å². The number of thiophene rings is 1. The van der Waals surface area contributed by atoms with Crippen molar-refractivity contribution >= 4 is 33.0 Å². The molecule has 0 bridgehead atoms. The van der Waals surface area contributed by atoms with E-state index >= 15 is 0 Å². The number of halogens is 6. The van der Waals surface area contributed by atoms with Crippen molar-refractivity contribution in [3.8, 4) is 10.7 Å². The molecule has 2 fully saturated rings. The Morgan fingerprint density at radius 2 is 2.09 bits per heavy atom. The Balaban J connectivity index is 1.54. The van der Waals surface area contributed by atoms with Crippen molar-refractivity contribution in [1.82, 2.24) is 20.8 Å². The summed E-state index contributed by atoms with van der Waals surface area (Å²) in [7, 11) is 0. The van der Waals surface area contributed by atoms with E-state index in [-0.39, 0.29) is 28.7 Å². The molecule has 188 valence electrons. The molecule has 1 amide bonds. The van der Waals surface area contributed by atoms with Crippen LogP contribution in [0, 0.1) is 0 Å². The monoisotopic (exact) mass is 519 g/mol. The highest BCUT2D eigenvalue weighted by molar-refractivity contribution is 7.23. The molecule has 0 radical (unpaired) electrons. The number of alkyl halides is 6. The van der Waals surface area contributed by atoms with Crippen molar-refractivity contribution in [1.29, 1.82) is 0 Å². The SMILES string of the molecule is O=C1N[C@@H](c2nc(-c3sc4c(N[C@@H]5CCNC[C@@H]5F)cccc4c3CC(F)(F)F)no2)CC1(F)F. The number of rotatable bonds is 5. The summed E-state index contributed by atoms with van der Waals surface area (Å²) in [6.07, 6.45) is -7.42. The van der Waals surface area contributed by atoms with Crippen molar-refractivity contribution in [2.75, 3.05) is 18.4 Å². The van der Waals surface area contributed by atoms with Gasteiger partial charge in [-0.1, -0.05) is 17.3 Å². The molecule has 5 rings (SSSR count). The van der Waals surface area contributed by atoms with Gasteiger partial charge in [-0.2, -0.15) is 26.9 Å². The molecule has 1 aromatic carbocycles. The van der Waals surface area contributed by atoms with Gasteiger partial charge in [0.05, 0.1) is 34.1 Å². The Morgan fingerprint density at radius 3 is 2.77 bits per heavy atom. The van der Waals surface area contributed by atoms with E-state index in [2.05, 4.69) is 26.1 Å². The summed E-state index contributed by atoms with van der Waals surface area (Å²) < 4.78 is 87.5. The van der Waals surface area contributed by atoms with Gasteiger partial charge >= 0.3 is 12.1 Å². The normalized spacial score (nSPS) is 24.6. The molecule has 3 N–H and O–H groups in total. The first-order valence-corrected chi connectivity index (χ1v) is 11.6. The maximum Gasteiger partial charge on any atom is 0.393 e. The van der Waals surface area contributed by atoms with Crippen LogP contribution in [0.5, 0.6) is 0 Å². The lowest BCUT2D eigenvalue weighted by Gasteiger charge is -2.28. The number of piperidine rings is 1. The van der Waals surface area contributed by atoms with Gasteiger partial charge in [0.25, 0.3) is 5.91 Å². The maximum absolute atomic E-state index is 14.4. The number of hydrogen-bond donors (Lipinski definition) is 3. The van der Waals surface area contributed by atoms with Gasteiger partial charge < -0.3 is 20.5 Å². The lowest BCUT2D eigenvalue weighted by atomic mass is 10.0. The van der Waals surface area contributed by atoms with Crippen LogP contribution in [-0.4, -0.2) is 53.4 Å². The Morgan fingerprint density at radius 1 is 1.29 bits per heavy atom. The zero-order chi connectivity index (χ0) is 25.0. The largest absolute Gasteiger partial charge is 0.393 e. The molecule has 2 aromatic heterocycles. The van der Waals surface area contributed by atoms with Gasteiger partial charge in [0, 0.05) is 6.54 Å². The van der Waals surface area contributed by atoms with E-state index in [9.17, 15) is 31.1 Å². The van der Waals surface area contributed by atoms with Crippen LogP contribution in [0.1, 0.15) is 30.3 Å². The Labute approximate surface area is 198 Å². The summed E-state index contributed by atoms with van der Waals surface area (Å²) in [5.74, 6) is -5.63. The summed E-state index contributed by atoms with van der Waals surface area (Å²) in [6.45, 7) is 0.774. The second-order valence-electron chi connectivity index (χ2n) is 8.53. The predicted octanol–water partition coefficient (Wildman–Crippen LogP) is 4.36. The van der Waals surface area contributed by atoms with Crippen molar-refractivity contribution < 1.29 is 35.7 Å². The van der Waals surface area contributed by atoms with Gasteiger partial charge in [-0.05, 0) is 30.0 Å². The van der Waals surface area contributed by atoms with Crippen molar-refractivity contribution in [2.24, 2.45) is 0 Å². The van der Waals surface area contributed by atoms with Crippen LogP contribution >= 0.6 is 11.3 Å². The summed E-state index contributed by atoms with van der Waals surface area (Å²) in [5, 5.41) is 12.1. The molecule has 2 saturated heterocycles. The van der Waals surface area contributed by atoms with Crippen LogP contribution in [-0.2, 0) is 11.2 Å². The van der Waals surface area contributed by atoms with E-state index < -0.39 is 49.1 Å². The highest BCUT2D eigenvalue weighted by Crippen LogP contribution is 2.44. The Kier molecular flexibility index (Phi) is 5.90. The minimum absolute atomic E-state index is 0.0553. The molecular weight excluding hydrogens is 500 g/mol. The first kappa shape index (κ1) is 23.9. The summed E-state index contributed by atoms with van der Waals surface area (Å²) >= 11 is 0.969. The lowest BCUT2D eigenvalue weighted by Crippen LogP contribution is -2.45. The molecule has 35 heavy (non-hydrogen) atoms. The number of carbonyl (C=O) groups excluding carboxylic acids is 1. The molecule has 3 aromatic rings. The summed E-state index contributed by atoms with van der Waals surface area (Å²) in [6, 6.07) is 3.00. The highest BCUT2D eigenvalue weighted by atomic mass is 32.1. The number of anilines is 1. The minimum atomic E-state index is -4.56. The van der Waals surface area contributed by atoms with Crippen LogP contribution in [0.3, 0.4) is 0 Å². The third-order valence-electron chi connectivity index (χ3n) is 5.99. The van der Waals surface area contributed by atoms with E-state index in [0.29, 0.717) is 28.7 Å². The van der Waals surface area contributed by atoms with Crippen LogP contribution < -0.4 is 16.0 Å². The van der Waals surface area contributed by atoms with Gasteiger partial charge in [-0.25, -0.2) is 4.39 Å². The zero-order valence-electron chi connectivity index (χ0n) is 17.9. The average Bonchev–Trinajstić information content (AvgIpc) is 3.46. The van der Waals surface area contributed by atoms with Crippen LogP contribution in [0.4, 0.5) is 32.0 Å². The smallest absolute Gasteiger partial charge is 0.378 e. The quantitative estimate of drug-likeness (QED) is 0.434. The third kappa shape index (κ3) is 4.68. The van der Waals surface area contributed by atoms with Crippen molar-refractivity contribution in [3.63, 3.8) is 0 Å². The highest BCUT2D eigenvalue weighted by Gasteiger charge is 2.50. The maximum atomic E-state index is 14.4. The number of hydrogen-bond acceptors (Lipinski definition) is 7. The van der Waals surface area contributed by atoms with Gasteiger partial charge in [-0.3, -0.25) is 4.79 Å². The molecule has 14 heteroatoms. The van der Waals surface area contributed by atoms with E-state index in [1.165, 1.54) is 6.07 Å². The van der Waals surface area contributed by atoms with Gasteiger partial charge in [0.15, 0.2) is 0 Å². The standard InChI is InChI=1S/C21H19F6N5O2S/c22-11-8-28-5-4-12(11)29-13-3-1-2-9-10(6-21(25,26)27)16(35-15(9)13)17-31-18(34-32-17)14-7-20(23,24)19(33)30-14/h1-3,11-12,14,28-29H,4-8H2,(H,30,33)/t11-,12+,14+/m0/s1. The van der Waals surface area contributed by atoms with Crippen molar-refractivity contribution in [2.45, 2.75) is 49.6 Å². The first-order chi connectivity index (χ1) is 16.5. The van der Waals surface area contributed by atoms with Crippen LogP contribution in [0.15, 0.2) is 22.7 Å². The second kappa shape index (κ2) is 8.66. The van der Waals surface area contributed by atoms with E-state index in [0.717, 1.165) is 11.3 Å². The average molecular weight is 519 g/mol. The van der Waals surface area contributed by atoms with Gasteiger partial charge in [-0.15, -0.1) is 11.3 Å². The lowest BCUT2D eigenvalue weighted by molar-refractivity contribution is -0.139. The first-order valence-electron chi connectivity index (χ1n) is 10.8. The molecule has 2 aliphatic rings.